The number of aromatic hydroxyl groups is 1. The molecule has 1 aliphatic heterocycles. The number of rotatable bonds is 8. The van der Waals surface area contributed by atoms with Gasteiger partial charge >= 0.3 is 0 Å². The maximum atomic E-state index is 11.0. The Labute approximate surface area is 200 Å². The van der Waals surface area contributed by atoms with Crippen LogP contribution in [0.2, 0.25) is 0 Å². The van der Waals surface area contributed by atoms with Crippen molar-refractivity contribution in [1.29, 1.82) is 0 Å². The topological polar surface area (TPSA) is 81.5 Å². The van der Waals surface area contributed by atoms with Crippen LogP contribution >= 0.6 is 0 Å². The summed E-state index contributed by atoms with van der Waals surface area (Å²) in [6.45, 7) is 2.36. The van der Waals surface area contributed by atoms with Crippen molar-refractivity contribution < 1.29 is 24.1 Å². The van der Waals surface area contributed by atoms with E-state index in [2.05, 4.69) is 5.32 Å². The predicted molar refractivity (Wildman–Crippen MR) is 132 cm³/mol. The minimum atomic E-state index is -0.430. The predicted octanol–water partition coefficient (Wildman–Crippen LogP) is 5.04. The molecule has 0 saturated heterocycles. The number of nitrogens with one attached hydrogen (secondary N) is 1. The van der Waals surface area contributed by atoms with Crippen LogP contribution in [0.3, 0.4) is 0 Å². The molecule has 7 heteroatoms. The largest absolute Gasteiger partial charge is 0.504 e. The molecule has 0 aliphatic carbocycles. The van der Waals surface area contributed by atoms with Gasteiger partial charge in [-0.25, -0.2) is 0 Å². The zero-order valence-electron chi connectivity index (χ0n) is 19.9. The van der Waals surface area contributed by atoms with E-state index in [-0.39, 0.29) is 11.8 Å². The summed E-state index contributed by atoms with van der Waals surface area (Å²) in [5.41, 5.74) is 3.43. The number of hydrogen-bond donors (Lipinski definition) is 2. The zero-order chi connectivity index (χ0) is 24.1. The summed E-state index contributed by atoms with van der Waals surface area (Å²) in [4.78, 5) is 5.05. The van der Waals surface area contributed by atoms with Crippen molar-refractivity contribution in [2.45, 2.75) is 25.6 Å². The van der Waals surface area contributed by atoms with Crippen molar-refractivity contribution in [3.05, 3.63) is 77.4 Å². The third-order valence-electron chi connectivity index (χ3n) is 5.88. The highest BCUT2D eigenvalue weighted by molar-refractivity contribution is 6.02. The van der Waals surface area contributed by atoms with Crippen LogP contribution in [0, 0.1) is 0 Å². The number of phenolic OH excluding ortho intramolecular Hbond substituents is 1. The van der Waals surface area contributed by atoms with Gasteiger partial charge in [0.1, 0.15) is 23.4 Å². The van der Waals surface area contributed by atoms with Crippen molar-refractivity contribution in [2.75, 3.05) is 27.9 Å². The van der Waals surface area contributed by atoms with E-state index in [1.807, 2.05) is 61.5 Å². The summed E-state index contributed by atoms with van der Waals surface area (Å²) in [5, 5.41) is 14.6. The molecule has 3 aromatic rings. The molecule has 0 unspecified atom stereocenters. The summed E-state index contributed by atoms with van der Waals surface area (Å²) >= 11 is 0. The van der Waals surface area contributed by atoms with Crippen molar-refractivity contribution in [3.8, 4) is 28.7 Å². The highest BCUT2D eigenvalue weighted by atomic mass is 16.5. The number of ether oxygens (including phenoxy) is 4. The van der Waals surface area contributed by atoms with E-state index < -0.39 is 6.17 Å². The minimum Gasteiger partial charge on any atom is -0.504 e. The van der Waals surface area contributed by atoms with Crippen LogP contribution in [0.1, 0.15) is 42.2 Å². The highest BCUT2D eigenvalue weighted by Crippen LogP contribution is 2.41. The van der Waals surface area contributed by atoms with Crippen molar-refractivity contribution >= 4 is 5.71 Å². The molecule has 0 radical (unpaired) electrons. The Morgan fingerprint density at radius 1 is 0.882 bits per heavy atom. The quantitative estimate of drug-likeness (QED) is 0.488. The number of methoxy groups -OCH3 is 3. The Morgan fingerprint density at radius 2 is 1.65 bits per heavy atom. The first-order valence-corrected chi connectivity index (χ1v) is 11.2. The van der Waals surface area contributed by atoms with Gasteiger partial charge in [0.15, 0.2) is 11.5 Å². The van der Waals surface area contributed by atoms with E-state index in [9.17, 15) is 5.11 Å². The maximum Gasteiger partial charge on any atom is 0.162 e. The van der Waals surface area contributed by atoms with Gasteiger partial charge in [0, 0.05) is 29.3 Å². The third-order valence-corrected chi connectivity index (χ3v) is 5.88. The molecule has 3 aromatic carbocycles. The maximum absolute atomic E-state index is 11.0. The number of nitrogens with zero attached hydrogens (tertiary/aromatic N) is 1. The molecule has 0 amide bonds. The zero-order valence-corrected chi connectivity index (χ0v) is 19.9. The Kier molecular flexibility index (Phi) is 7.23. The molecule has 4 rings (SSSR count). The molecule has 2 N–H and O–H groups in total. The van der Waals surface area contributed by atoms with Gasteiger partial charge in [-0.2, -0.15) is 0 Å². The molecule has 0 spiro atoms. The number of aliphatic imine (C=N–C) groups is 1. The number of para-hydroxylation sites is 1. The van der Waals surface area contributed by atoms with Crippen LogP contribution in [0.4, 0.5) is 0 Å². The Hall–Kier alpha value is -3.71. The van der Waals surface area contributed by atoms with Gasteiger partial charge in [-0.3, -0.25) is 10.3 Å². The first-order chi connectivity index (χ1) is 16.6. The fourth-order valence-electron chi connectivity index (χ4n) is 4.19. The van der Waals surface area contributed by atoms with Gasteiger partial charge in [0.25, 0.3) is 0 Å². The average Bonchev–Trinajstić information content (AvgIpc) is 2.89. The highest BCUT2D eigenvalue weighted by Gasteiger charge is 2.30. The number of hydrogen-bond acceptors (Lipinski definition) is 7. The van der Waals surface area contributed by atoms with Gasteiger partial charge in [-0.1, -0.05) is 24.3 Å². The van der Waals surface area contributed by atoms with Crippen LogP contribution in [0.25, 0.3) is 0 Å². The Bertz CT molecular complexity index is 1180. The van der Waals surface area contributed by atoms with E-state index in [1.165, 1.54) is 0 Å². The van der Waals surface area contributed by atoms with Crippen LogP contribution in [0.5, 0.6) is 28.7 Å². The summed E-state index contributed by atoms with van der Waals surface area (Å²) in [5.74, 6) is 2.75. The molecule has 1 aliphatic rings. The first kappa shape index (κ1) is 23.4. The summed E-state index contributed by atoms with van der Waals surface area (Å²) < 4.78 is 22.2. The minimum absolute atomic E-state index is 0.130. The summed E-state index contributed by atoms with van der Waals surface area (Å²) in [6.07, 6.45) is 0.138. The van der Waals surface area contributed by atoms with Gasteiger partial charge < -0.3 is 24.1 Å². The van der Waals surface area contributed by atoms with Crippen molar-refractivity contribution in [2.24, 2.45) is 4.99 Å². The Balaban J connectivity index is 1.82. The number of benzene rings is 3. The van der Waals surface area contributed by atoms with E-state index >= 15 is 0 Å². The monoisotopic (exact) mass is 462 g/mol. The van der Waals surface area contributed by atoms with Gasteiger partial charge in [-0.05, 0) is 48.9 Å². The van der Waals surface area contributed by atoms with Crippen LogP contribution in [0.15, 0.2) is 65.7 Å². The van der Waals surface area contributed by atoms with E-state index in [4.69, 9.17) is 23.9 Å². The smallest absolute Gasteiger partial charge is 0.162 e. The first-order valence-electron chi connectivity index (χ1n) is 11.2. The number of phenols is 1. The lowest BCUT2D eigenvalue weighted by Crippen LogP contribution is -2.33. The summed E-state index contributed by atoms with van der Waals surface area (Å²) in [7, 11) is 4.91. The van der Waals surface area contributed by atoms with E-state index in [0.717, 1.165) is 28.2 Å². The molecule has 0 fully saturated rings. The van der Waals surface area contributed by atoms with Crippen LogP contribution in [-0.4, -0.2) is 38.8 Å². The van der Waals surface area contributed by atoms with Crippen LogP contribution < -0.4 is 24.3 Å². The fourth-order valence-corrected chi connectivity index (χ4v) is 4.19. The van der Waals surface area contributed by atoms with E-state index in [1.54, 1.807) is 27.4 Å². The molecule has 0 aromatic heterocycles. The van der Waals surface area contributed by atoms with Crippen molar-refractivity contribution in [1.82, 2.24) is 5.32 Å². The standard InChI is InChI=1S/C27H30N2O5/c1-5-34-25-11-7-10-20(26(25)30)23-16-22(17-8-6-9-18(14-17)31-2)28-27(29-23)21-15-19(32-3)12-13-24(21)33-4/h6-15,23,27,29-30H,5,16H2,1-4H3/t23-,27-/m0/s1. The lowest BCUT2D eigenvalue weighted by atomic mass is 9.93. The molecule has 0 saturated carbocycles. The second-order valence-electron chi connectivity index (χ2n) is 7.87. The van der Waals surface area contributed by atoms with E-state index in [0.29, 0.717) is 30.3 Å². The molecular weight excluding hydrogens is 432 g/mol. The van der Waals surface area contributed by atoms with Gasteiger partial charge in [0.2, 0.25) is 0 Å². The molecule has 1 heterocycles. The molecule has 2 atom stereocenters. The lowest BCUT2D eigenvalue weighted by Gasteiger charge is -2.32. The lowest BCUT2D eigenvalue weighted by molar-refractivity contribution is 0.313. The normalized spacial score (nSPS) is 17.6. The fraction of sp³-hybridized carbons (Fsp3) is 0.296. The van der Waals surface area contributed by atoms with Gasteiger partial charge in [0.05, 0.1) is 27.9 Å². The third kappa shape index (κ3) is 4.79. The van der Waals surface area contributed by atoms with Crippen molar-refractivity contribution in [3.63, 3.8) is 0 Å². The second-order valence-corrected chi connectivity index (χ2v) is 7.87. The second kappa shape index (κ2) is 10.5. The SMILES string of the molecule is CCOc1cccc([C@@H]2CC(c3cccc(OC)c3)=N[C@H](c3cc(OC)ccc3OC)N2)c1O. The molecular formula is C27H30N2O5. The average molecular weight is 463 g/mol. The van der Waals surface area contributed by atoms with Gasteiger partial charge in [-0.15, -0.1) is 0 Å². The molecule has 34 heavy (non-hydrogen) atoms. The summed E-state index contributed by atoms with van der Waals surface area (Å²) in [6, 6.07) is 18.8. The molecule has 0 bridgehead atoms. The van der Waals surface area contributed by atoms with Crippen LogP contribution in [-0.2, 0) is 0 Å². The molecule has 178 valence electrons. The molecule has 7 nitrogen and oxygen atoms in total. The Morgan fingerprint density at radius 3 is 2.38 bits per heavy atom.